The minimum absolute atomic E-state index is 0.0467. The molecule has 1 aromatic heterocycles. The first-order valence-corrected chi connectivity index (χ1v) is 7.12. The van der Waals surface area contributed by atoms with Crippen LogP contribution in [0.2, 0.25) is 0 Å². The van der Waals surface area contributed by atoms with Gasteiger partial charge in [-0.25, -0.2) is 0 Å². The summed E-state index contributed by atoms with van der Waals surface area (Å²) in [4.78, 5) is 0. The normalized spacial score (nSPS) is 13.4. The molecule has 4 nitrogen and oxygen atoms in total. The topological polar surface area (TPSA) is 51.0 Å². The zero-order valence-corrected chi connectivity index (χ0v) is 12.7. The average Bonchev–Trinajstić information content (AvgIpc) is 2.86. The third-order valence-corrected chi connectivity index (χ3v) is 3.86. The fourth-order valence-corrected chi connectivity index (χ4v) is 2.60. The van der Waals surface area contributed by atoms with Gasteiger partial charge in [-0.1, -0.05) is 51.1 Å². The molecule has 0 aliphatic heterocycles. The van der Waals surface area contributed by atoms with E-state index in [4.69, 9.17) is 4.42 Å². The molecule has 1 unspecified atom stereocenters. The van der Waals surface area contributed by atoms with E-state index < -0.39 is 0 Å². The van der Waals surface area contributed by atoms with Crippen LogP contribution in [0.3, 0.4) is 0 Å². The minimum atomic E-state index is 0.0467. The maximum Gasteiger partial charge on any atom is 0.230 e. The Morgan fingerprint density at radius 1 is 1.20 bits per heavy atom. The van der Waals surface area contributed by atoms with E-state index in [2.05, 4.69) is 66.6 Å². The molecule has 0 aliphatic rings. The SMILES string of the molecule is CCC(NCc1nnc(C)o1)C(C)(C)c1ccccc1. The van der Waals surface area contributed by atoms with Gasteiger partial charge in [-0.15, -0.1) is 10.2 Å². The van der Waals surface area contributed by atoms with E-state index in [0.29, 0.717) is 24.4 Å². The van der Waals surface area contributed by atoms with Crippen molar-refractivity contribution in [1.82, 2.24) is 15.5 Å². The molecule has 0 aliphatic carbocycles. The third kappa shape index (κ3) is 3.25. The van der Waals surface area contributed by atoms with Crippen molar-refractivity contribution in [2.45, 2.75) is 52.1 Å². The molecule has 4 heteroatoms. The van der Waals surface area contributed by atoms with Gasteiger partial charge in [0.2, 0.25) is 11.8 Å². The van der Waals surface area contributed by atoms with E-state index >= 15 is 0 Å². The molecule has 0 amide bonds. The standard InChI is InChI=1S/C16H23N3O/c1-5-14(17-11-15-19-18-12(2)20-15)16(3,4)13-9-7-6-8-10-13/h6-10,14,17H,5,11H2,1-4H3. The van der Waals surface area contributed by atoms with Gasteiger partial charge in [0.05, 0.1) is 6.54 Å². The predicted octanol–water partition coefficient (Wildman–Crippen LogP) is 3.22. The first kappa shape index (κ1) is 14.7. The molecule has 0 bridgehead atoms. The summed E-state index contributed by atoms with van der Waals surface area (Å²) in [6.07, 6.45) is 1.04. The first-order chi connectivity index (χ1) is 9.54. The zero-order valence-electron chi connectivity index (χ0n) is 12.7. The maximum absolute atomic E-state index is 5.41. The molecule has 108 valence electrons. The van der Waals surface area contributed by atoms with Crippen LogP contribution in [0.4, 0.5) is 0 Å². The number of benzene rings is 1. The van der Waals surface area contributed by atoms with E-state index in [9.17, 15) is 0 Å². The first-order valence-electron chi connectivity index (χ1n) is 7.12. The van der Waals surface area contributed by atoms with E-state index in [1.165, 1.54) is 5.56 Å². The number of hydrogen-bond donors (Lipinski definition) is 1. The van der Waals surface area contributed by atoms with Gasteiger partial charge < -0.3 is 9.73 Å². The molecular weight excluding hydrogens is 250 g/mol. The molecule has 1 atom stereocenters. The molecule has 0 radical (unpaired) electrons. The van der Waals surface area contributed by atoms with Gasteiger partial charge in [0.15, 0.2) is 0 Å². The molecule has 1 heterocycles. The summed E-state index contributed by atoms with van der Waals surface area (Å²) < 4.78 is 5.41. The highest BCUT2D eigenvalue weighted by Crippen LogP contribution is 2.28. The fraction of sp³-hybridized carbons (Fsp3) is 0.500. The second-order valence-electron chi connectivity index (χ2n) is 5.64. The van der Waals surface area contributed by atoms with Crippen LogP contribution in [0.1, 0.15) is 44.5 Å². The molecular formula is C16H23N3O. The summed E-state index contributed by atoms with van der Waals surface area (Å²) in [5.74, 6) is 1.25. The Bertz CT molecular complexity index is 534. The maximum atomic E-state index is 5.41. The highest BCUT2D eigenvalue weighted by molar-refractivity contribution is 5.25. The van der Waals surface area contributed by atoms with Gasteiger partial charge in [0.25, 0.3) is 0 Å². The Kier molecular flexibility index (Phi) is 4.55. The van der Waals surface area contributed by atoms with Crippen LogP contribution < -0.4 is 5.32 Å². The van der Waals surface area contributed by atoms with Crippen molar-refractivity contribution in [1.29, 1.82) is 0 Å². The van der Waals surface area contributed by atoms with Crippen molar-refractivity contribution in [2.24, 2.45) is 0 Å². The van der Waals surface area contributed by atoms with E-state index in [-0.39, 0.29) is 5.41 Å². The predicted molar refractivity (Wildman–Crippen MR) is 79.4 cm³/mol. The molecule has 1 aromatic carbocycles. The molecule has 1 N–H and O–H groups in total. The van der Waals surface area contributed by atoms with Crippen LogP contribution in [0.5, 0.6) is 0 Å². The molecule has 2 rings (SSSR count). The molecule has 0 spiro atoms. The second kappa shape index (κ2) is 6.18. The zero-order chi connectivity index (χ0) is 14.6. The van der Waals surface area contributed by atoms with Crippen LogP contribution in [-0.4, -0.2) is 16.2 Å². The van der Waals surface area contributed by atoms with E-state index in [1.54, 1.807) is 0 Å². The van der Waals surface area contributed by atoms with Crippen molar-refractivity contribution >= 4 is 0 Å². The monoisotopic (exact) mass is 273 g/mol. The average molecular weight is 273 g/mol. The van der Waals surface area contributed by atoms with Crippen molar-refractivity contribution in [3.05, 3.63) is 47.7 Å². The quantitative estimate of drug-likeness (QED) is 0.878. The number of aromatic nitrogens is 2. The van der Waals surface area contributed by atoms with Gasteiger partial charge in [-0.05, 0) is 12.0 Å². The number of rotatable bonds is 6. The fourth-order valence-electron chi connectivity index (χ4n) is 2.60. The highest BCUT2D eigenvalue weighted by Gasteiger charge is 2.29. The molecule has 0 fully saturated rings. The molecule has 2 aromatic rings. The summed E-state index contributed by atoms with van der Waals surface area (Å²) in [6.45, 7) is 9.14. The molecule has 20 heavy (non-hydrogen) atoms. The third-order valence-electron chi connectivity index (χ3n) is 3.86. The highest BCUT2D eigenvalue weighted by atomic mass is 16.4. The van der Waals surface area contributed by atoms with Gasteiger partial charge in [-0.3, -0.25) is 0 Å². The summed E-state index contributed by atoms with van der Waals surface area (Å²) >= 11 is 0. The number of nitrogens with zero attached hydrogens (tertiary/aromatic N) is 2. The number of nitrogens with one attached hydrogen (secondary N) is 1. The van der Waals surface area contributed by atoms with Crippen molar-refractivity contribution in [3.63, 3.8) is 0 Å². The summed E-state index contributed by atoms with van der Waals surface area (Å²) in [7, 11) is 0. The van der Waals surface area contributed by atoms with Gasteiger partial charge >= 0.3 is 0 Å². The Labute approximate surface area is 120 Å². The summed E-state index contributed by atoms with van der Waals surface area (Å²) in [6, 6.07) is 10.9. The second-order valence-corrected chi connectivity index (χ2v) is 5.64. The summed E-state index contributed by atoms with van der Waals surface area (Å²) in [5, 5.41) is 11.4. The number of hydrogen-bond acceptors (Lipinski definition) is 4. The Morgan fingerprint density at radius 3 is 2.45 bits per heavy atom. The van der Waals surface area contributed by atoms with E-state index in [1.807, 2.05) is 6.92 Å². The van der Waals surface area contributed by atoms with Crippen molar-refractivity contribution in [2.75, 3.05) is 0 Å². The lowest BCUT2D eigenvalue weighted by molar-refractivity contribution is 0.313. The van der Waals surface area contributed by atoms with Crippen molar-refractivity contribution in [3.8, 4) is 0 Å². The smallest absolute Gasteiger partial charge is 0.230 e. The van der Waals surface area contributed by atoms with Gasteiger partial charge in [0.1, 0.15) is 0 Å². The molecule has 0 saturated carbocycles. The Morgan fingerprint density at radius 2 is 1.90 bits per heavy atom. The van der Waals surface area contributed by atoms with Crippen LogP contribution in [0.15, 0.2) is 34.7 Å². The number of aryl methyl sites for hydroxylation is 1. The minimum Gasteiger partial charge on any atom is -0.424 e. The van der Waals surface area contributed by atoms with Crippen LogP contribution in [0, 0.1) is 6.92 Å². The van der Waals surface area contributed by atoms with Crippen LogP contribution in [0.25, 0.3) is 0 Å². The van der Waals surface area contributed by atoms with E-state index in [0.717, 1.165) is 6.42 Å². The lowest BCUT2D eigenvalue weighted by Gasteiger charge is -2.35. The Hall–Kier alpha value is -1.68. The van der Waals surface area contributed by atoms with Gasteiger partial charge in [0, 0.05) is 18.4 Å². The lowest BCUT2D eigenvalue weighted by Crippen LogP contribution is -2.44. The molecule has 0 saturated heterocycles. The Balaban J connectivity index is 2.07. The van der Waals surface area contributed by atoms with Crippen LogP contribution in [-0.2, 0) is 12.0 Å². The van der Waals surface area contributed by atoms with Crippen molar-refractivity contribution < 1.29 is 4.42 Å². The summed E-state index contributed by atoms with van der Waals surface area (Å²) in [5.41, 5.74) is 1.38. The van der Waals surface area contributed by atoms with Crippen LogP contribution >= 0.6 is 0 Å². The largest absolute Gasteiger partial charge is 0.424 e. The van der Waals surface area contributed by atoms with Gasteiger partial charge in [-0.2, -0.15) is 0 Å². The lowest BCUT2D eigenvalue weighted by atomic mass is 9.76.